The number of hydrogen-bond donors (Lipinski definition) is 0. The summed E-state index contributed by atoms with van der Waals surface area (Å²) < 4.78 is 44.0. The minimum atomic E-state index is -4.53. The molecule has 0 amide bonds. The summed E-state index contributed by atoms with van der Waals surface area (Å²) in [6, 6.07) is 0. The molecule has 0 fully saturated rings. The Morgan fingerprint density at radius 2 is 1.81 bits per heavy atom. The van der Waals surface area contributed by atoms with Crippen molar-refractivity contribution in [2.24, 2.45) is 0 Å². The summed E-state index contributed by atoms with van der Waals surface area (Å²) in [6.07, 6.45) is -4.53. The van der Waals surface area contributed by atoms with E-state index in [1.807, 2.05) is 0 Å². The average Bonchev–Trinajstić information content (AvgIpc) is 2.12. The lowest BCUT2D eigenvalue weighted by Crippen LogP contribution is -2.22. The molecule has 0 bridgehead atoms. The second-order valence-corrected chi connectivity index (χ2v) is 3.24. The van der Waals surface area contributed by atoms with E-state index >= 15 is 0 Å². The Hall–Kier alpha value is -1.30. The molecule has 0 unspecified atom stereocenters. The standard InChI is InChI=1S/C10H13F3O3/c1-7(2)4-15-5-8(3)9(14)16-6-10(11,12)13/h1,3-6H2,2H3. The van der Waals surface area contributed by atoms with Gasteiger partial charge >= 0.3 is 12.1 Å². The molecule has 92 valence electrons. The van der Waals surface area contributed by atoms with Crippen LogP contribution in [0.1, 0.15) is 6.92 Å². The number of carbonyl (C=O) groups excluding carboxylic acids is 1. The summed E-state index contributed by atoms with van der Waals surface area (Å²) in [5, 5.41) is 0. The quantitative estimate of drug-likeness (QED) is 0.404. The van der Waals surface area contributed by atoms with Crippen molar-refractivity contribution in [1.29, 1.82) is 0 Å². The van der Waals surface area contributed by atoms with Crippen LogP contribution >= 0.6 is 0 Å². The van der Waals surface area contributed by atoms with Crippen molar-refractivity contribution in [1.82, 2.24) is 0 Å². The lowest BCUT2D eigenvalue weighted by Gasteiger charge is -2.09. The molecular weight excluding hydrogens is 225 g/mol. The van der Waals surface area contributed by atoms with Crippen molar-refractivity contribution < 1.29 is 27.4 Å². The van der Waals surface area contributed by atoms with Crippen LogP contribution in [0.3, 0.4) is 0 Å². The van der Waals surface area contributed by atoms with Crippen molar-refractivity contribution in [2.75, 3.05) is 19.8 Å². The Labute approximate surface area is 91.5 Å². The number of rotatable bonds is 6. The molecule has 0 aliphatic carbocycles. The van der Waals surface area contributed by atoms with Gasteiger partial charge in [0.15, 0.2) is 6.61 Å². The highest BCUT2D eigenvalue weighted by atomic mass is 19.4. The fourth-order valence-electron chi connectivity index (χ4n) is 0.657. The third-order valence-electron chi connectivity index (χ3n) is 1.28. The van der Waals surface area contributed by atoms with Crippen LogP contribution in [0.5, 0.6) is 0 Å². The van der Waals surface area contributed by atoms with Crippen LogP contribution in [0.15, 0.2) is 24.3 Å². The van der Waals surface area contributed by atoms with Gasteiger partial charge in [-0.15, -0.1) is 0 Å². The van der Waals surface area contributed by atoms with E-state index in [4.69, 9.17) is 4.74 Å². The second kappa shape index (κ2) is 6.32. The molecule has 0 aromatic carbocycles. The zero-order chi connectivity index (χ0) is 12.8. The molecule has 0 rings (SSSR count). The van der Waals surface area contributed by atoms with E-state index < -0.39 is 18.8 Å². The van der Waals surface area contributed by atoms with Gasteiger partial charge in [0.2, 0.25) is 0 Å². The lowest BCUT2D eigenvalue weighted by molar-refractivity contribution is -0.183. The first-order valence-corrected chi connectivity index (χ1v) is 4.36. The predicted molar refractivity (Wildman–Crippen MR) is 51.8 cm³/mol. The number of carbonyl (C=O) groups is 1. The molecule has 0 heterocycles. The van der Waals surface area contributed by atoms with Crippen molar-refractivity contribution in [3.8, 4) is 0 Å². The SMILES string of the molecule is C=C(C)COCC(=C)C(=O)OCC(F)(F)F. The van der Waals surface area contributed by atoms with E-state index in [0.717, 1.165) is 5.57 Å². The summed E-state index contributed by atoms with van der Waals surface area (Å²) in [4.78, 5) is 10.9. The number of alkyl halides is 3. The maximum atomic E-state index is 11.7. The van der Waals surface area contributed by atoms with Gasteiger partial charge in [-0.2, -0.15) is 13.2 Å². The molecule has 3 nitrogen and oxygen atoms in total. The summed E-state index contributed by atoms with van der Waals surface area (Å²) >= 11 is 0. The molecule has 0 saturated heterocycles. The molecule has 0 spiro atoms. The Morgan fingerprint density at radius 3 is 2.25 bits per heavy atom. The van der Waals surface area contributed by atoms with Gasteiger partial charge in [0, 0.05) is 0 Å². The molecule has 6 heteroatoms. The largest absolute Gasteiger partial charge is 0.453 e. The first-order valence-electron chi connectivity index (χ1n) is 4.36. The zero-order valence-corrected chi connectivity index (χ0v) is 8.89. The van der Waals surface area contributed by atoms with Gasteiger partial charge < -0.3 is 9.47 Å². The van der Waals surface area contributed by atoms with Crippen LogP contribution in [0.2, 0.25) is 0 Å². The highest BCUT2D eigenvalue weighted by Crippen LogP contribution is 2.15. The molecule has 0 saturated carbocycles. The molecule has 0 aliphatic rings. The molecule has 0 atom stereocenters. The van der Waals surface area contributed by atoms with Crippen LogP contribution in [0.25, 0.3) is 0 Å². The highest BCUT2D eigenvalue weighted by Gasteiger charge is 2.29. The minimum Gasteiger partial charge on any atom is -0.453 e. The zero-order valence-electron chi connectivity index (χ0n) is 8.89. The highest BCUT2D eigenvalue weighted by molar-refractivity contribution is 5.87. The summed E-state index contributed by atoms with van der Waals surface area (Å²) in [5.41, 5.74) is 0.571. The third kappa shape index (κ3) is 8.05. The van der Waals surface area contributed by atoms with E-state index in [1.165, 1.54) is 0 Å². The van der Waals surface area contributed by atoms with Crippen LogP contribution in [0, 0.1) is 0 Å². The molecule has 0 radical (unpaired) electrons. The predicted octanol–water partition coefficient (Wildman–Crippen LogP) is 2.24. The maximum Gasteiger partial charge on any atom is 0.422 e. The van der Waals surface area contributed by atoms with Gasteiger partial charge in [-0.3, -0.25) is 0 Å². The Balaban J connectivity index is 3.83. The van der Waals surface area contributed by atoms with Crippen LogP contribution in [-0.2, 0) is 14.3 Å². The van der Waals surface area contributed by atoms with Crippen LogP contribution in [0.4, 0.5) is 13.2 Å². The minimum absolute atomic E-state index is 0.162. The molecular formula is C10H13F3O3. The van der Waals surface area contributed by atoms with Crippen molar-refractivity contribution in [3.63, 3.8) is 0 Å². The second-order valence-electron chi connectivity index (χ2n) is 3.24. The Bertz CT molecular complexity index is 282. The van der Waals surface area contributed by atoms with Crippen LogP contribution < -0.4 is 0 Å². The number of ether oxygens (including phenoxy) is 2. The maximum absolute atomic E-state index is 11.7. The topological polar surface area (TPSA) is 35.5 Å². The average molecular weight is 238 g/mol. The fraction of sp³-hybridized carbons (Fsp3) is 0.500. The summed E-state index contributed by atoms with van der Waals surface area (Å²) in [6.45, 7) is 6.93. The number of hydrogen-bond acceptors (Lipinski definition) is 3. The van der Waals surface area contributed by atoms with Crippen molar-refractivity contribution in [3.05, 3.63) is 24.3 Å². The molecule has 16 heavy (non-hydrogen) atoms. The van der Waals surface area contributed by atoms with Gasteiger partial charge in [0.1, 0.15) is 0 Å². The van der Waals surface area contributed by atoms with E-state index in [0.29, 0.717) is 0 Å². The summed E-state index contributed by atoms with van der Waals surface area (Å²) in [5.74, 6) is -1.11. The summed E-state index contributed by atoms with van der Waals surface area (Å²) in [7, 11) is 0. The first kappa shape index (κ1) is 14.7. The fourth-order valence-corrected chi connectivity index (χ4v) is 0.657. The smallest absolute Gasteiger partial charge is 0.422 e. The van der Waals surface area contributed by atoms with Gasteiger partial charge in [0.05, 0.1) is 18.8 Å². The third-order valence-corrected chi connectivity index (χ3v) is 1.28. The molecule has 0 aromatic heterocycles. The lowest BCUT2D eigenvalue weighted by atomic mass is 10.3. The monoisotopic (exact) mass is 238 g/mol. The molecule has 0 aromatic rings. The van der Waals surface area contributed by atoms with E-state index in [1.54, 1.807) is 6.92 Å². The van der Waals surface area contributed by atoms with Crippen molar-refractivity contribution in [2.45, 2.75) is 13.1 Å². The van der Waals surface area contributed by atoms with Gasteiger partial charge in [-0.25, -0.2) is 4.79 Å². The van der Waals surface area contributed by atoms with E-state index in [-0.39, 0.29) is 18.8 Å². The normalized spacial score (nSPS) is 11.0. The molecule has 0 N–H and O–H groups in total. The van der Waals surface area contributed by atoms with Crippen LogP contribution in [-0.4, -0.2) is 32.0 Å². The van der Waals surface area contributed by atoms with Gasteiger partial charge in [-0.05, 0) is 6.92 Å². The Morgan fingerprint density at radius 1 is 1.25 bits per heavy atom. The van der Waals surface area contributed by atoms with E-state index in [2.05, 4.69) is 17.9 Å². The molecule has 0 aliphatic heterocycles. The Kier molecular flexibility index (Phi) is 5.81. The van der Waals surface area contributed by atoms with Gasteiger partial charge in [0.25, 0.3) is 0 Å². The van der Waals surface area contributed by atoms with Crippen molar-refractivity contribution >= 4 is 5.97 Å². The number of esters is 1. The van der Waals surface area contributed by atoms with E-state index in [9.17, 15) is 18.0 Å². The number of halogens is 3. The first-order chi connectivity index (χ1) is 7.22. The van der Waals surface area contributed by atoms with Gasteiger partial charge in [-0.1, -0.05) is 18.7 Å².